The predicted molar refractivity (Wildman–Crippen MR) is 71.3 cm³/mol. The van der Waals surface area contributed by atoms with Crippen molar-refractivity contribution in [2.75, 3.05) is 0 Å². The zero-order valence-corrected chi connectivity index (χ0v) is 10.8. The van der Waals surface area contributed by atoms with Crippen molar-refractivity contribution in [1.82, 2.24) is 0 Å². The largest absolute Gasteiger partial charge is 0.388 e. The summed E-state index contributed by atoms with van der Waals surface area (Å²) in [5.41, 5.74) is 2.09. The molecule has 0 aromatic heterocycles. The molecule has 1 atom stereocenters. The summed E-state index contributed by atoms with van der Waals surface area (Å²) in [7, 11) is 0. The van der Waals surface area contributed by atoms with Gasteiger partial charge in [0.25, 0.3) is 0 Å². The fourth-order valence-corrected chi connectivity index (χ4v) is 2.03. The third kappa shape index (κ3) is 3.09. The van der Waals surface area contributed by atoms with Gasteiger partial charge in [0.2, 0.25) is 0 Å². The fraction of sp³-hybridized carbons (Fsp3) is 0.200. The van der Waals surface area contributed by atoms with E-state index in [1.807, 2.05) is 12.1 Å². The highest BCUT2D eigenvalue weighted by Crippen LogP contribution is 2.22. The molecule has 0 saturated carbocycles. The Balaban J connectivity index is 2.16. The molecule has 0 aliphatic carbocycles. The second-order valence-electron chi connectivity index (χ2n) is 4.36. The standard InChI is InChI=1S/C15H14ClFO/c1-10-5-6-12(9-14(10)17)15(18)8-11-3-2-4-13(16)7-11/h2-7,9,15,18H,8H2,1H3. The lowest BCUT2D eigenvalue weighted by Crippen LogP contribution is -2.02. The molecule has 0 fully saturated rings. The van der Waals surface area contributed by atoms with Gasteiger partial charge in [-0.25, -0.2) is 4.39 Å². The van der Waals surface area contributed by atoms with E-state index in [2.05, 4.69) is 0 Å². The lowest BCUT2D eigenvalue weighted by Gasteiger charge is -2.12. The molecule has 1 N–H and O–H groups in total. The zero-order chi connectivity index (χ0) is 13.1. The molecular weight excluding hydrogens is 251 g/mol. The summed E-state index contributed by atoms with van der Waals surface area (Å²) >= 11 is 5.88. The molecule has 2 aromatic rings. The van der Waals surface area contributed by atoms with E-state index in [1.165, 1.54) is 6.07 Å². The number of aliphatic hydroxyl groups is 1. The van der Waals surface area contributed by atoms with Gasteiger partial charge >= 0.3 is 0 Å². The third-order valence-electron chi connectivity index (χ3n) is 2.90. The Labute approximate surface area is 111 Å². The van der Waals surface area contributed by atoms with Crippen molar-refractivity contribution in [3.8, 4) is 0 Å². The van der Waals surface area contributed by atoms with Crippen LogP contribution in [0.5, 0.6) is 0 Å². The van der Waals surface area contributed by atoms with Gasteiger partial charge in [-0.3, -0.25) is 0 Å². The normalized spacial score (nSPS) is 12.4. The Bertz CT molecular complexity index is 554. The van der Waals surface area contributed by atoms with Gasteiger partial charge in [0, 0.05) is 11.4 Å². The molecule has 0 aliphatic rings. The minimum absolute atomic E-state index is 0.294. The molecule has 0 saturated heterocycles. The molecule has 1 unspecified atom stereocenters. The number of aliphatic hydroxyl groups excluding tert-OH is 1. The van der Waals surface area contributed by atoms with E-state index in [9.17, 15) is 9.50 Å². The van der Waals surface area contributed by atoms with Crippen LogP contribution in [0, 0.1) is 12.7 Å². The van der Waals surface area contributed by atoms with Crippen LogP contribution in [0.1, 0.15) is 22.8 Å². The average Bonchev–Trinajstić information content (AvgIpc) is 2.32. The first-order valence-electron chi connectivity index (χ1n) is 5.75. The maximum atomic E-state index is 13.4. The van der Waals surface area contributed by atoms with Gasteiger partial charge in [-0.1, -0.05) is 35.9 Å². The van der Waals surface area contributed by atoms with E-state index in [0.29, 0.717) is 22.6 Å². The molecule has 2 aromatic carbocycles. The van der Waals surface area contributed by atoms with Crippen molar-refractivity contribution < 1.29 is 9.50 Å². The molecule has 3 heteroatoms. The molecule has 0 aliphatic heterocycles. The van der Waals surface area contributed by atoms with Gasteiger partial charge in [0.15, 0.2) is 0 Å². The van der Waals surface area contributed by atoms with Crippen molar-refractivity contribution >= 4 is 11.6 Å². The SMILES string of the molecule is Cc1ccc(C(O)Cc2cccc(Cl)c2)cc1F. The van der Waals surface area contributed by atoms with Crippen molar-refractivity contribution in [2.24, 2.45) is 0 Å². The van der Waals surface area contributed by atoms with E-state index in [0.717, 1.165) is 5.56 Å². The van der Waals surface area contributed by atoms with Crippen LogP contribution in [0.2, 0.25) is 5.02 Å². The van der Waals surface area contributed by atoms with Gasteiger partial charge in [-0.15, -0.1) is 0 Å². The Kier molecular flexibility index (Phi) is 4.00. The first-order chi connectivity index (χ1) is 8.56. The average molecular weight is 265 g/mol. The predicted octanol–water partition coefficient (Wildman–Crippen LogP) is 4.06. The zero-order valence-electron chi connectivity index (χ0n) is 10.0. The van der Waals surface area contributed by atoms with Gasteiger partial charge in [-0.05, 0) is 41.8 Å². The maximum absolute atomic E-state index is 13.4. The summed E-state index contributed by atoms with van der Waals surface area (Å²) in [5, 5.41) is 10.7. The minimum atomic E-state index is -0.724. The second-order valence-corrected chi connectivity index (χ2v) is 4.79. The van der Waals surface area contributed by atoms with E-state index >= 15 is 0 Å². The molecule has 0 radical (unpaired) electrons. The highest BCUT2D eigenvalue weighted by atomic mass is 35.5. The van der Waals surface area contributed by atoms with Crippen LogP contribution >= 0.6 is 11.6 Å². The van der Waals surface area contributed by atoms with Crippen LogP contribution in [0.4, 0.5) is 4.39 Å². The number of rotatable bonds is 3. The highest BCUT2D eigenvalue weighted by Gasteiger charge is 2.10. The number of aryl methyl sites for hydroxylation is 1. The quantitative estimate of drug-likeness (QED) is 0.886. The Morgan fingerprint density at radius 1 is 1.22 bits per heavy atom. The van der Waals surface area contributed by atoms with Gasteiger partial charge in [0.05, 0.1) is 6.10 Å². The number of halogens is 2. The molecule has 2 rings (SSSR count). The van der Waals surface area contributed by atoms with E-state index < -0.39 is 6.10 Å². The maximum Gasteiger partial charge on any atom is 0.126 e. The fourth-order valence-electron chi connectivity index (χ4n) is 1.82. The molecule has 94 valence electrons. The monoisotopic (exact) mass is 264 g/mol. The molecule has 0 heterocycles. The molecule has 0 spiro atoms. The summed E-state index contributed by atoms with van der Waals surface area (Å²) in [5.74, 6) is -0.294. The number of hydrogen-bond donors (Lipinski definition) is 1. The number of hydrogen-bond acceptors (Lipinski definition) is 1. The summed E-state index contributed by atoms with van der Waals surface area (Å²) in [6.07, 6.45) is -0.304. The van der Waals surface area contributed by atoms with Gasteiger partial charge in [-0.2, -0.15) is 0 Å². The summed E-state index contributed by atoms with van der Waals surface area (Å²) < 4.78 is 13.4. The molecule has 1 nitrogen and oxygen atoms in total. The molecular formula is C15H14ClFO. The van der Waals surface area contributed by atoms with Crippen molar-refractivity contribution in [3.63, 3.8) is 0 Å². The van der Waals surface area contributed by atoms with E-state index in [4.69, 9.17) is 11.6 Å². The van der Waals surface area contributed by atoms with Crippen LogP contribution < -0.4 is 0 Å². The number of benzene rings is 2. The first kappa shape index (κ1) is 13.1. The second kappa shape index (κ2) is 5.51. The first-order valence-corrected chi connectivity index (χ1v) is 6.12. The van der Waals surface area contributed by atoms with Crippen LogP contribution in [0.3, 0.4) is 0 Å². The molecule has 18 heavy (non-hydrogen) atoms. The lowest BCUT2D eigenvalue weighted by molar-refractivity contribution is 0.178. The van der Waals surface area contributed by atoms with Crippen molar-refractivity contribution in [3.05, 3.63) is 70.0 Å². The van der Waals surface area contributed by atoms with Gasteiger partial charge < -0.3 is 5.11 Å². The smallest absolute Gasteiger partial charge is 0.126 e. The van der Waals surface area contributed by atoms with Crippen molar-refractivity contribution in [2.45, 2.75) is 19.4 Å². The van der Waals surface area contributed by atoms with Crippen LogP contribution in [-0.4, -0.2) is 5.11 Å². The topological polar surface area (TPSA) is 20.2 Å². The van der Waals surface area contributed by atoms with E-state index in [-0.39, 0.29) is 5.82 Å². The summed E-state index contributed by atoms with van der Waals surface area (Å²) in [6.45, 7) is 1.70. The summed E-state index contributed by atoms with van der Waals surface area (Å²) in [4.78, 5) is 0. The minimum Gasteiger partial charge on any atom is -0.388 e. The third-order valence-corrected chi connectivity index (χ3v) is 3.13. The van der Waals surface area contributed by atoms with Crippen LogP contribution in [0.25, 0.3) is 0 Å². The molecule has 0 bridgehead atoms. The lowest BCUT2D eigenvalue weighted by atomic mass is 10.0. The Hall–Kier alpha value is -1.38. The van der Waals surface area contributed by atoms with E-state index in [1.54, 1.807) is 31.2 Å². The Morgan fingerprint density at radius 2 is 2.00 bits per heavy atom. The van der Waals surface area contributed by atoms with Crippen LogP contribution in [0.15, 0.2) is 42.5 Å². The summed E-state index contributed by atoms with van der Waals surface area (Å²) in [6, 6.07) is 12.1. The van der Waals surface area contributed by atoms with Gasteiger partial charge in [0.1, 0.15) is 5.82 Å². The Morgan fingerprint density at radius 3 is 2.67 bits per heavy atom. The highest BCUT2D eigenvalue weighted by molar-refractivity contribution is 6.30. The van der Waals surface area contributed by atoms with Crippen molar-refractivity contribution in [1.29, 1.82) is 0 Å². The van der Waals surface area contributed by atoms with Crippen LogP contribution in [-0.2, 0) is 6.42 Å². The molecule has 0 amide bonds.